The first-order valence-corrected chi connectivity index (χ1v) is 10.9. The van der Waals surface area contributed by atoms with Gasteiger partial charge in [-0.3, -0.25) is 9.59 Å². The molecular formula is C26H26N2O8. The summed E-state index contributed by atoms with van der Waals surface area (Å²) in [5.74, 6) is 0.396. The topological polar surface area (TPSA) is 121 Å². The number of nitrogens with one attached hydrogen (secondary N) is 2. The van der Waals surface area contributed by atoms with Crippen LogP contribution in [0.15, 0.2) is 60.7 Å². The minimum atomic E-state index is -0.827. The highest BCUT2D eigenvalue weighted by Gasteiger charge is 2.18. The number of ether oxygens (including phenoxy) is 5. The first-order chi connectivity index (χ1) is 17.4. The van der Waals surface area contributed by atoms with Gasteiger partial charge in [0.2, 0.25) is 5.75 Å². The Morgan fingerprint density at radius 3 is 1.72 bits per heavy atom. The van der Waals surface area contributed by atoms with E-state index in [0.717, 1.165) is 0 Å². The highest BCUT2D eigenvalue weighted by atomic mass is 16.7. The number of amides is 2. The molecule has 36 heavy (non-hydrogen) atoms. The average Bonchev–Trinajstić information content (AvgIpc) is 2.89. The molecule has 0 fully saturated rings. The van der Waals surface area contributed by atoms with E-state index in [1.54, 1.807) is 31.2 Å². The zero-order valence-corrected chi connectivity index (χ0v) is 20.2. The lowest BCUT2D eigenvalue weighted by Gasteiger charge is -2.15. The highest BCUT2D eigenvalue weighted by Crippen LogP contribution is 2.38. The maximum Gasteiger partial charge on any atom is 0.513 e. The van der Waals surface area contributed by atoms with Gasteiger partial charge < -0.3 is 34.3 Å². The van der Waals surface area contributed by atoms with Crippen molar-refractivity contribution >= 4 is 29.3 Å². The predicted molar refractivity (Wildman–Crippen MR) is 133 cm³/mol. The molecule has 3 aromatic rings. The molecule has 0 atom stereocenters. The SMILES string of the molecule is CCOC(=O)Oc1ccc(C(=O)Nc2ccccc2NC(=O)c2cc(OC)c(OC)c(OC)c2)cc1. The molecule has 0 spiro atoms. The van der Waals surface area contributed by atoms with Crippen molar-refractivity contribution in [1.29, 1.82) is 0 Å². The van der Waals surface area contributed by atoms with E-state index >= 15 is 0 Å². The largest absolute Gasteiger partial charge is 0.513 e. The van der Waals surface area contributed by atoms with Crippen molar-refractivity contribution in [1.82, 2.24) is 0 Å². The molecule has 188 valence electrons. The predicted octanol–water partition coefficient (Wildman–Crippen LogP) is 4.75. The average molecular weight is 495 g/mol. The Hall–Kier alpha value is -4.73. The molecule has 3 rings (SSSR count). The molecule has 0 unspecified atom stereocenters. The van der Waals surface area contributed by atoms with E-state index in [1.165, 1.54) is 57.7 Å². The number of carbonyl (C=O) groups is 3. The van der Waals surface area contributed by atoms with Gasteiger partial charge in [0.15, 0.2) is 11.5 Å². The van der Waals surface area contributed by atoms with Crippen LogP contribution in [0.2, 0.25) is 0 Å². The first-order valence-electron chi connectivity index (χ1n) is 10.9. The summed E-state index contributed by atoms with van der Waals surface area (Å²) in [6.45, 7) is 1.86. The van der Waals surface area contributed by atoms with Crippen LogP contribution < -0.4 is 29.6 Å². The number of hydrogen-bond acceptors (Lipinski definition) is 8. The van der Waals surface area contributed by atoms with Gasteiger partial charge in [-0.1, -0.05) is 12.1 Å². The number of methoxy groups -OCH3 is 3. The molecule has 0 heterocycles. The molecule has 10 nitrogen and oxygen atoms in total. The molecule has 0 aromatic heterocycles. The lowest BCUT2D eigenvalue weighted by Crippen LogP contribution is -2.17. The number of rotatable bonds is 9. The van der Waals surface area contributed by atoms with Gasteiger partial charge in [0, 0.05) is 11.1 Å². The van der Waals surface area contributed by atoms with Gasteiger partial charge >= 0.3 is 6.16 Å². The first kappa shape index (κ1) is 25.9. The number of para-hydroxylation sites is 2. The van der Waals surface area contributed by atoms with Gasteiger partial charge in [0.25, 0.3) is 11.8 Å². The fourth-order valence-electron chi connectivity index (χ4n) is 3.22. The third-order valence-corrected chi connectivity index (χ3v) is 4.93. The van der Waals surface area contributed by atoms with Crippen LogP contribution >= 0.6 is 0 Å². The summed E-state index contributed by atoms with van der Waals surface area (Å²) in [5, 5.41) is 5.56. The van der Waals surface area contributed by atoms with Crippen molar-refractivity contribution < 1.29 is 38.1 Å². The van der Waals surface area contributed by atoms with Gasteiger partial charge in [-0.05, 0) is 55.5 Å². The lowest BCUT2D eigenvalue weighted by molar-refractivity contribution is 0.101. The molecule has 2 N–H and O–H groups in total. The van der Waals surface area contributed by atoms with E-state index < -0.39 is 18.0 Å². The maximum atomic E-state index is 13.0. The molecule has 0 radical (unpaired) electrons. The number of benzene rings is 3. The van der Waals surface area contributed by atoms with E-state index in [-0.39, 0.29) is 17.9 Å². The van der Waals surface area contributed by atoms with Gasteiger partial charge in [-0.15, -0.1) is 0 Å². The van der Waals surface area contributed by atoms with E-state index in [2.05, 4.69) is 10.6 Å². The van der Waals surface area contributed by atoms with Crippen LogP contribution in [0.5, 0.6) is 23.0 Å². The van der Waals surface area contributed by atoms with Crippen molar-refractivity contribution in [3.63, 3.8) is 0 Å². The number of anilines is 2. The zero-order chi connectivity index (χ0) is 26.1. The minimum absolute atomic E-state index is 0.189. The molecule has 2 amide bonds. The van der Waals surface area contributed by atoms with Gasteiger partial charge in [0.05, 0.1) is 39.3 Å². The van der Waals surface area contributed by atoms with Crippen LogP contribution in [0.3, 0.4) is 0 Å². The lowest BCUT2D eigenvalue weighted by atomic mass is 10.1. The second kappa shape index (κ2) is 12.1. The Morgan fingerprint density at radius 2 is 1.25 bits per heavy atom. The quantitative estimate of drug-likeness (QED) is 0.323. The zero-order valence-electron chi connectivity index (χ0n) is 20.2. The van der Waals surface area contributed by atoms with E-state index in [9.17, 15) is 14.4 Å². The van der Waals surface area contributed by atoms with Crippen LogP contribution in [0.4, 0.5) is 16.2 Å². The van der Waals surface area contributed by atoms with E-state index in [0.29, 0.717) is 34.2 Å². The van der Waals surface area contributed by atoms with E-state index in [4.69, 9.17) is 23.7 Å². The van der Waals surface area contributed by atoms with Crippen molar-refractivity contribution in [2.24, 2.45) is 0 Å². The Labute approximate surface area is 208 Å². The highest BCUT2D eigenvalue weighted by molar-refractivity contribution is 6.10. The van der Waals surface area contributed by atoms with Gasteiger partial charge in [-0.25, -0.2) is 4.79 Å². The van der Waals surface area contributed by atoms with Crippen molar-refractivity contribution in [3.8, 4) is 23.0 Å². The van der Waals surface area contributed by atoms with Gasteiger partial charge in [-0.2, -0.15) is 0 Å². The van der Waals surface area contributed by atoms with Crippen LogP contribution in [0, 0.1) is 0 Å². The van der Waals surface area contributed by atoms with Crippen molar-refractivity contribution in [2.45, 2.75) is 6.92 Å². The number of carbonyl (C=O) groups excluding carboxylic acids is 3. The van der Waals surface area contributed by atoms with Crippen LogP contribution in [0.25, 0.3) is 0 Å². The second-order valence-electron chi connectivity index (χ2n) is 7.18. The third kappa shape index (κ3) is 6.23. The summed E-state index contributed by atoms with van der Waals surface area (Å²) < 4.78 is 25.6. The van der Waals surface area contributed by atoms with Crippen LogP contribution in [-0.4, -0.2) is 45.9 Å². The summed E-state index contributed by atoms with van der Waals surface area (Å²) in [4.78, 5) is 37.2. The summed E-state index contributed by atoms with van der Waals surface area (Å²) in [6.07, 6.45) is -0.827. The Morgan fingerprint density at radius 1 is 0.722 bits per heavy atom. The third-order valence-electron chi connectivity index (χ3n) is 4.93. The number of hydrogen-bond donors (Lipinski definition) is 2. The van der Waals surface area contributed by atoms with E-state index in [1.807, 2.05) is 0 Å². The van der Waals surface area contributed by atoms with Crippen molar-refractivity contribution in [2.75, 3.05) is 38.6 Å². The fourth-order valence-corrected chi connectivity index (χ4v) is 3.22. The van der Waals surface area contributed by atoms with Gasteiger partial charge in [0.1, 0.15) is 5.75 Å². The van der Waals surface area contributed by atoms with Crippen LogP contribution in [0.1, 0.15) is 27.6 Å². The summed E-state index contributed by atoms with van der Waals surface area (Å²) in [5.41, 5.74) is 1.35. The molecule has 10 heteroatoms. The summed E-state index contributed by atoms with van der Waals surface area (Å²) >= 11 is 0. The summed E-state index contributed by atoms with van der Waals surface area (Å²) in [6, 6.07) is 15.8. The molecule has 0 saturated carbocycles. The molecule has 0 aliphatic carbocycles. The van der Waals surface area contributed by atoms with Crippen LogP contribution in [-0.2, 0) is 4.74 Å². The Bertz CT molecular complexity index is 1220. The molecular weight excluding hydrogens is 468 g/mol. The second-order valence-corrected chi connectivity index (χ2v) is 7.18. The Balaban J connectivity index is 1.76. The van der Waals surface area contributed by atoms with Crippen molar-refractivity contribution in [3.05, 3.63) is 71.8 Å². The standard InChI is InChI=1S/C26H26N2O8/c1-5-35-26(31)36-18-12-10-16(11-13-18)24(29)27-19-8-6-7-9-20(19)28-25(30)17-14-21(32-2)23(34-4)22(15-17)33-3/h6-15H,5H2,1-4H3,(H,27,29)(H,28,30). The molecule has 0 saturated heterocycles. The smallest absolute Gasteiger partial charge is 0.493 e. The monoisotopic (exact) mass is 494 g/mol. The normalized spacial score (nSPS) is 10.1. The Kier molecular flexibility index (Phi) is 8.71. The summed E-state index contributed by atoms with van der Waals surface area (Å²) in [7, 11) is 4.39. The fraction of sp³-hybridized carbons (Fsp3) is 0.192. The molecule has 0 aliphatic rings. The molecule has 0 bridgehead atoms. The maximum absolute atomic E-state index is 13.0. The molecule has 0 aliphatic heterocycles. The minimum Gasteiger partial charge on any atom is -0.493 e. The molecule has 3 aromatic carbocycles.